The van der Waals surface area contributed by atoms with Crippen LogP contribution in [0.15, 0.2) is 22.7 Å². The van der Waals surface area contributed by atoms with Crippen LogP contribution in [0.3, 0.4) is 0 Å². The van der Waals surface area contributed by atoms with E-state index in [-0.39, 0.29) is 5.12 Å². The molecule has 0 unspecified atom stereocenters. The quantitative estimate of drug-likeness (QED) is 0.518. The van der Waals surface area contributed by atoms with E-state index < -0.39 is 0 Å². The fraction of sp³-hybridized carbons (Fsp3) is 0.250. The van der Waals surface area contributed by atoms with Gasteiger partial charge in [-0.1, -0.05) is 39.5 Å². The highest BCUT2D eigenvalue weighted by atomic mass is 79.9. The van der Waals surface area contributed by atoms with E-state index in [1.807, 2.05) is 18.2 Å². The molecule has 0 aliphatic heterocycles. The van der Waals surface area contributed by atoms with Crippen LogP contribution in [-0.2, 0) is 4.79 Å². The van der Waals surface area contributed by atoms with E-state index >= 15 is 0 Å². The maximum absolute atomic E-state index is 10.7. The first kappa shape index (κ1) is 13.1. The van der Waals surface area contributed by atoms with E-state index in [0.29, 0.717) is 12.1 Å². The Kier molecular flexibility index (Phi) is 5.44. The molecule has 0 amide bonds. The van der Waals surface area contributed by atoms with E-state index in [9.17, 15) is 4.79 Å². The van der Waals surface area contributed by atoms with Crippen LogP contribution >= 0.6 is 27.7 Å². The Labute approximate surface area is 108 Å². The molecule has 0 saturated carbocycles. The molecular formula is C12H12BrNOS. The summed E-state index contributed by atoms with van der Waals surface area (Å²) in [5.41, 5.74) is 7.29. The number of carbonyl (C=O) groups is 1. The highest BCUT2D eigenvalue weighted by Gasteiger charge is 1.95. The molecule has 0 aliphatic carbocycles. The lowest BCUT2D eigenvalue weighted by molar-refractivity contribution is -0.109. The molecule has 4 heteroatoms. The van der Waals surface area contributed by atoms with Gasteiger partial charge in [0.25, 0.3) is 0 Å². The SMILES string of the molecule is CC(=O)SCCC#Cc1ccc(Br)cc1N. The van der Waals surface area contributed by atoms with Gasteiger partial charge in [0.15, 0.2) is 5.12 Å². The van der Waals surface area contributed by atoms with Crippen molar-refractivity contribution in [3.8, 4) is 11.8 Å². The van der Waals surface area contributed by atoms with Crippen LogP contribution in [0.1, 0.15) is 18.9 Å². The molecule has 0 aromatic heterocycles. The summed E-state index contributed by atoms with van der Waals surface area (Å²) in [5.74, 6) is 6.73. The summed E-state index contributed by atoms with van der Waals surface area (Å²) in [7, 11) is 0. The molecule has 0 saturated heterocycles. The topological polar surface area (TPSA) is 43.1 Å². The van der Waals surface area contributed by atoms with Gasteiger partial charge < -0.3 is 5.73 Å². The number of thioether (sulfide) groups is 1. The zero-order chi connectivity index (χ0) is 12.0. The highest BCUT2D eigenvalue weighted by molar-refractivity contribution is 9.10. The van der Waals surface area contributed by atoms with Gasteiger partial charge in [-0.05, 0) is 18.2 Å². The summed E-state index contributed by atoms with van der Waals surface area (Å²) < 4.78 is 0.947. The van der Waals surface area contributed by atoms with Crippen molar-refractivity contribution in [2.45, 2.75) is 13.3 Å². The molecule has 0 spiro atoms. The summed E-state index contributed by atoms with van der Waals surface area (Å²) in [6.45, 7) is 1.56. The van der Waals surface area contributed by atoms with Crippen molar-refractivity contribution in [2.24, 2.45) is 0 Å². The molecule has 1 aromatic rings. The third-order valence-corrected chi connectivity index (χ3v) is 3.08. The first-order chi connectivity index (χ1) is 7.59. The lowest BCUT2D eigenvalue weighted by Gasteiger charge is -1.97. The maximum Gasteiger partial charge on any atom is 0.185 e. The number of carbonyl (C=O) groups excluding carboxylic acids is 1. The second kappa shape index (κ2) is 6.62. The number of hydrogen-bond donors (Lipinski definition) is 1. The Balaban J connectivity index is 2.53. The van der Waals surface area contributed by atoms with Crippen LogP contribution in [0, 0.1) is 11.8 Å². The second-order valence-electron chi connectivity index (χ2n) is 3.12. The second-order valence-corrected chi connectivity index (χ2v) is 5.31. The highest BCUT2D eigenvalue weighted by Crippen LogP contribution is 2.17. The molecule has 84 valence electrons. The van der Waals surface area contributed by atoms with Crippen molar-refractivity contribution in [3.63, 3.8) is 0 Å². The van der Waals surface area contributed by atoms with E-state index in [4.69, 9.17) is 5.73 Å². The standard InChI is InChI=1S/C12H12BrNOS/c1-9(15)16-7-3-2-4-10-5-6-11(13)8-12(10)14/h5-6,8H,3,7,14H2,1H3. The minimum atomic E-state index is 0.130. The Morgan fingerprint density at radius 3 is 2.94 bits per heavy atom. The normalized spacial score (nSPS) is 9.38. The summed E-state index contributed by atoms with van der Waals surface area (Å²) in [4.78, 5) is 10.7. The van der Waals surface area contributed by atoms with E-state index in [0.717, 1.165) is 15.8 Å². The predicted molar refractivity (Wildman–Crippen MR) is 73.2 cm³/mol. The summed E-state index contributed by atoms with van der Waals surface area (Å²) >= 11 is 4.63. The van der Waals surface area contributed by atoms with Gasteiger partial charge in [0.1, 0.15) is 0 Å². The molecular weight excluding hydrogens is 286 g/mol. The van der Waals surface area contributed by atoms with Gasteiger partial charge in [0, 0.05) is 34.8 Å². The lowest BCUT2D eigenvalue weighted by atomic mass is 10.2. The summed E-state index contributed by atoms with van der Waals surface area (Å²) in [6.07, 6.45) is 0.694. The third kappa shape index (κ3) is 4.73. The van der Waals surface area contributed by atoms with Crippen LogP contribution in [0.5, 0.6) is 0 Å². The molecule has 2 nitrogen and oxygen atoms in total. The van der Waals surface area contributed by atoms with Gasteiger partial charge in [-0.15, -0.1) is 0 Å². The maximum atomic E-state index is 10.7. The first-order valence-corrected chi connectivity index (χ1v) is 6.54. The van der Waals surface area contributed by atoms with Crippen LogP contribution < -0.4 is 5.73 Å². The van der Waals surface area contributed by atoms with Gasteiger partial charge in [-0.25, -0.2) is 0 Å². The smallest absolute Gasteiger partial charge is 0.185 e. The number of nitrogens with two attached hydrogens (primary N) is 1. The lowest BCUT2D eigenvalue weighted by Crippen LogP contribution is -1.89. The number of nitrogen functional groups attached to an aromatic ring is 1. The molecule has 0 atom stereocenters. The van der Waals surface area contributed by atoms with Crippen LogP contribution in [-0.4, -0.2) is 10.9 Å². The van der Waals surface area contributed by atoms with Crippen molar-refractivity contribution < 1.29 is 4.79 Å². The van der Waals surface area contributed by atoms with Gasteiger partial charge in [0.05, 0.1) is 0 Å². The van der Waals surface area contributed by atoms with Crippen molar-refractivity contribution in [2.75, 3.05) is 11.5 Å². The van der Waals surface area contributed by atoms with Crippen molar-refractivity contribution in [1.82, 2.24) is 0 Å². The van der Waals surface area contributed by atoms with E-state index in [2.05, 4.69) is 27.8 Å². The Morgan fingerprint density at radius 2 is 2.31 bits per heavy atom. The number of halogens is 1. The third-order valence-electron chi connectivity index (χ3n) is 1.77. The number of hydrogen-bond acceptors (Lipinski definition) is 3. The Bertz CT molecular complexity index is 448. The molecule has 0 radical (unpaired) electrons. The largest absolute Gasteiger partial charge is 0.398 e. The van der Waals surface area contributed by atoms with Crippen molar-refractivity contribution in [1.29, 1.82) is 0 Å². The van der Waals surface area contributed by atoms with Crippen molar-refractivity contribution in [3.05, 3.63) is 28.2 Å². The predicted octanol–water partition coefficient (Wildman–Crippen LogP) is 3.05. The van der Waals surface area contributed by atoms with Crippen LogP contribution in [0.2, 0.25) is 0 Å². The minimum absolute atomic E-state index is 0.130. The minimum Gasteiger partial charge on any atom is -0.398 e. The summed E-state index contributed by atoms with van der Waals surface area (Å²) in [5, 5.41) is 0.130. The molecule has 0 aliphatic rings. The number of rotatable bonds is 2. The van der Waals surface area contributed by atoms with Gasteiger partial charge >= 0.3 is 0 Å². The molecule has 1 aromatic carbocycles. The monoisotopic (exact) mass is 297 g/mol. The molecule has 2 N–H and O–H groups in total. The van der Waals surface area contributed by atoms with Crippen LogP contribution in [0.4, 0.5) is 5.69 Å². The fourth-order valence-corrected chi connectivity index (χ4v) is 1.92. The fourth-order valence-electron chi connectivity index (χ4n) is 1.05. The van der Waals surface area contributed by atoms with Gasteiger partial charge in [-0.2, -0.15) is 0 Å². The average Bonchev–Trinajstić information content (AvgIpc) is 2.20. The number of benzene rings is 1. The number of anilines is 1. The van der Waals surface area contributed by atoms with Gasteiger partial charge in [-0.3, -0.25) is 4.79 Å². The van der Waals surface area contributed by atoms with Crippen molar-refractivity contribution >= 4 is 38.5 Å². The zero-order valence-electron chi connectivity index (χ0n) is 8.92. The molecule has 0 fully saturated rings. The van der Waals surface area contributed by atoms with Gasteiger partial charge in [0.2, 0.25) is 0 Å². The Morgan fingerprint density at radius 1 is 1.56 bits per heavy atom. The zero-order valence-corrected chi connectivity index (χ0v) is 11.3. The molecule has 1 rings (SSSR count). The van der Waals surface area contributed by atoms with E-state index in [1.54, 1.807) is 6.92 Å². The average molecular weight is 298 g/mol. The Hall–Kier alpha value is -0.920. The molecule has 0 bridgehead atoms. The summed E-state index contributed by atoms with van der Waals surface area (Å²) in [6, 6.07) is 5.61. The van der Waals surface area contributed by atoms with Crippen LogP contribution in [0.25, 0.3) is 0 Å². The molecule has 16 heavy (non-hydrogen) atoms. The van der Waals surface area contributed by atoms with E-state index in [1.165, 1.54) is 11.8 Å². The first-order valence-electron chi connectivity index (χ1n) is 4.77. The molecule has 0 heterocycles.